The fourth-order valence-electron chi connectivity index (χ4n) is 1.39. The Labute approximate surface area is 60.8 Å². The quantitative estimate of drug-likeness (QED) is 0.446. The lowest BCUT2D eigenvalue weighted by Crippen LogP contribution is -2.58. The Morgan fingerprint density at radius 3 is 2.10 bits per heavy atom. The smallest absolute Gasteiger partial charge is 0.257 e. The zero-order valence-electron chi connectivity index (χ0n) is 6.30. The second kappa shape index (κ2) is 2.58. The number of nitrogens with zero attached hydrogens (tertiary/aromatic N) is 1. The minimum Gasteiger partial charge on any atom is -0.498 e. The van der Waals surface area contributed by atoms with Crippen molar-refractivity contribution >= 4 is 6.09 Å². The third-order valence-corrected chi connectivity index (χ3v) is 2.24. The number of likely N-dealkylation sites (tertiary alicyclic amines) is 1. The van der Waals surface area contributed by atoms with Gasteiger partial charge in [-0.05, 0) is 19.3 Å². The van der Waals surface area contributed by atoms with Crippen LogP contribution in [0.1, 0.15) is 19.3 Å². The summed E-state index contributed by atoms with van der Waals surface area (Å²) in [7, 11) is 1.73. The molecule has 0 N–H and O–H groups in total. The molecule has 58 valence electrons. The first-order valence-corrected chi connectivity index (χ1v) is 3.71. The third kappa shape index (κ3) is 1.29. The maximum Gasteiger partial charge on any atom is 0.257 e. The van der Waals surface area contributed by atoms with Crippen LogP contribution in [0.3, 0.4) is 0 Å². The highest BCUT2D eigenvalue weighted by molar-refractivity contribution is 5.53. The number of carbonyl (C=O) groups excluding carboxylic acids is 1. The van der Waals surface area contributed by atoms with E-state index in [0.29, 0.717) is 0 Å². The molecule has 0 aromatic heterocycles. The van der Waals surface area contributed by atoms with Crippen LogP contribution in [-0.4, -0.2) is 30.7 Å². The number of rotatable bonds is 0. The van der Waals surface area contributed by atoms with Crippen LogP contribution in [0.4, 0.5) is 4.79 Å². The van der Waals surface area contributed by atoms with Gasteiger partial charge in [0, 0.05) is 0 Å². The summed E-state index contributed by atoms with van der Waals surface area (Å²) >= 11 is 0. The zero-order chi connectivity index (χ0) is 7.61. The molecule has 0 radical (unpaired) electrons. The minimum atomic E-state index is -0.931. The summed E-state index contributed by atoms with van der Waals surface area (Å²) in [5.41, 5.74) is 0. The number of quaternary nitrogens is 1. The maximum atomic E-state index is 10.5. The highest BCUT2D eigenvalue weighted by atomic mass is 16.4. The summed E-state index contributed by atoms with van der Waals surface area (Å²) in [6, 6.07) is 0. The average molecular weight is 143 g/mol. The van der Waals surface area contributed by atoms with Gasteiger partial charge in [0.25, 0.3) is 6.09 Å². The summed E-state index contributed by atoms with van der Waals surface area (Å²) in [5.74, 6) is 0. The SMILES string of the molecule is C[N+]1(C(=O)[O-])CCCCC1. The molecule has 1 aliphatic heterocycles. The summed E-state index contributed by atoms with van der Waals surface area (Å²) in [5, 5.41) is 10.5. The second-order valence-electron chi connectivity index (χ2n) is 3.17. The molecule has 10 heavy (non-hydrogen) atoms. The third-order valence-electron chi connectivity index (χ3n) is 2.24. The van der Waals surface area contributed by atoms with Crippen LogP contribution in [0.2, 0.25) is 0 Å². The molecule has 1 fully saturated rings. The van der Waals surface area contributed by atoms with Crippen LogP contribution < -0.4 is 5.11 Å². The zero-order valence-corrected chi connectivity index (χ0v) is 6.30. The number of hydrogen-bond acceptors (Lipinski definition) is 2. The van der Waals surface area contributed by atoms with E-state index in [1.54, 1.807) is 7.05 Å². The van der Waals surface area contributed by atoms with Gasteiger partial charge in [0.15, 0.2) is 0 Å². The number of carboxylic acid groups (broad SMARTS) is 1. The van der Waals surface area contributed by atoms with Crippen LogP contribution in [0, 0.1) is 0 Å². The van der Waals surface area contributed by atoms with E-state index < -0.39 is 6.09 Å². The fraction of sp³-hybridized carbons (Fsp3) is 0.857. The van der Waals surface area contributed by atoms with E-state index in [1.165, 1.54) is 6.42 Å². The van der Waals surface area contributed by atoms with E-state index in [9.17, 15) is 9.90 Å². The van der Waals surface area contributed by atoms with E-state index in [4.69, 9.17) is 0 Å². The molecule has 1 saturated heterocycles. The number of amides is 1. The summed E-state index contributed by atoms with van der Waals surface area (Å²) in [6.07, 6.45) is 2.27. The highest BCUT2D eigenvalue weighted by Gasteiger charge is 2.26. The van der Waals surface area contributed by atoms with Gasteiger partial charge in [0.1, 0.15) is 0 Å². The van der Waals surface area contributed by atoms with Crippen molar-refractivity contribution in [2.45, 2.75) is 19.3 Å². The van der Waals surface area contributed by atoms with Gasteiger partial charge in [-0.15, -0.1) is 0 Å². The van der Waals surface area contributed by atoms with Gasteiger partial charge >= 0.3 is 0 Å². The van der Waals surface area contributed by atoms with Crippen molar-refractivity contribution < 1.29 is 14.4 Å². The normalized spacial score (nSPS) is 24.1. The predicted molar refractivity (Wildman–Crippen MR) is 35.2 cm³/mol. The lowest BCUT2D eigenvalue weighted by Gasteiger charge is -2.36. The van der Waals surface area contributed by atoms with Crippen molar-refractivity contribution in [2.75, 3.05) is 20.1 Å². The topological polar surface area (TPSA) is 40.1 Å². The van der Waals surface area contributed by atoms with Crippen LogP contribution in [0.5, 0.6) is 0 Å². The van der Waals surface area contributed by atoms with Gasteiger partial charge in [-0.3, -0.25) is 4.48 Å². The Hall–Kier alpha value is -0.570. The molecule has 3 nitrogen and oxygen atoms in total. The molecule has 0 unspecified atom stereocenters. The molecule has 1 heterocycles. The van der Waals surface area contributed by atoms with Gasteiger partial charge in [-0.2, -0.15) is 0 Å². The predicted octanol–water partition coefficient (Wildman–Crippen LogP) is -0.0398. The van der Waals surface area contributed by atoms with E-state index in [1.807, 2.05) is 0 Å². The van der Waals surface area contributed by atoms with E-state index in [0.717, 1.165) is 25.9 Å². The van der Waals surface area contributed by atoms with Crippen molar-refractivity contribution in [1.82, 2.24) is 0 Å². The van der Waals surface area contributed by atoms with Gasteiger partial charge in [0.05, 0.1) is 20.1 Å². The second-order valence-corrected chi connectivity index (χ2v) is 3.17. The standard InChI is InChI=1S/C7H13NO2/c1-8(7(9)10)5-3-2-4-6-8/h2-6H2,1H3. The molecule has 0 aromatic rings. The van der Waals surface area contributed by atoms with Gasteiger partial charge in [0.2, 0.25) is 0 Å². The lowest BCUT2D eigenvalue weighted by molar-refractivity contribution is -0.862. The maximum absolute atomic E-state index is 10.5. The summed E-state index contributed by atoms with van der Waals surface area (Å²) in [4.78, 5) is 10.5. The molecule has 1 aliphatic rings. The van der Waals surface area contributed by atoms with E-state index in [-0.39, 0.29) is 4.48 Å². The molecule has 0 bridgehead atoms. The Bertz CT molecular complexity index is 139. The molecule has 3 heteroatoms. The van der Waals surface area contributed by atoms with Gasteiger partial charge in [-0.1, -0.05) is 0 Å². The molecule has 0 aliphatic carbocycles. The molecule has 0 aromatic carbocycles. The first kappa shape index (κ1) is 7.54. The Balaban J connectivity index is 2.56. The molecule has 0 saturated carbocycles. The van der Waals surface area contributed by atoms with Crippen LogP contribution in [0.25, 0.3) is 0 Å². The van der Waals surface area contributed by atoms with Gasteiger partial charge < -0.3 is 9.90 Å². The number of hydrogen-bond donors (Lipinski definition) is 0. The Morgan fingerprint density at radius 1 is 1.30 bits per heavy atom. The summed E-state index contributed by atoms with van der Waals surface area (Å²) < 4.78 is 0.111. The average Bonchev–Trinajstić information content (AvgIpc) is 1.89. The molecular formula is C7H13NO2. The largest absolute Gasteiger partial charge is 0.498 e. The van der Waals surface area contributed by atoms with E-state index in [2.05, 4.69) is 0 Å². The van der Waals surface area contributed by atoms with Crippen molar-refractivity contribution in [3.63, 3.8) is 0 Å². The number of carbonyl (C=O) groups is 1. The Kier molecular flexibility index (Phi) is 1.94. The van der Waals surface area contributed by atoms with Crippen molar-refractivity contribution in [1.29, 1.82) is 0 Å². The summed E-state index contributed by atoms with van der Waals surface area (Å²) in [6.45, 7) is 1.48. The molecule has 1 rings (SSSR count). The van der Waals surface area contributed by atoms with Crippen LogP contribution >= 0.6 is 0 Å². The highest BCUT2D eigenvalue weighted by Crippen LogP contribution is 2.14. The van der Waals surface area contributed by atoms with Gasteiger partial charge in [-0.25, -0.2) is 0 Å². The van der Waals surface area contributed by atoms with Crippen LogP contribution in [-0.2, 0) is 0 Å². The van der Waals surface area contributed by atoms with Crippen molar-refractivity contribution in [3.8, 4) is 0 Å². The molecule has 1 amide bonds. The number of piperidine rings is 1. The van der Waals surface area contributed by atoms with Crippen LogP contribution in [0.15, 0.2) is 0 Å². The first-order valence-electron chi connectivity index (χ1n) is 3.71. The minimum absolute atomic E-state index is 0.111. The molecular weight excluding hydrogens is 130 g/mol. The first-order chi connectivity index (χ1) is 4.65. The van der Waals surface area contributed by atoms with E-state index >= 15 is 0 Å². The molecule has 0 atom stereocenters. The molecule has 0 spiro atoms. The lowest BCUT2D eigenvalue weighted by atomic mass is 10.1. The van der Waals surface area contributed by atoms with Crippen molar-refractivity contribution in [2.24, 2.45) is 0 Å². The fourth-order valence-corrected chi connectivity index (χ4v) is 1.39. The monoisotopic (exact) mass is 143 g/mol. The van der Waals surface area contributed by atoms with Crippen molar-refractivity contribution in [3.05, 3.63) is 0 Å². The Morgan fingerprint density at radius 2 is 1.80 bits per heavy atom.